The van der Waals surface area contributed by atoms with E-state index in [0.29, 0.717) is 4.47 Å². The van der Waals surface area contributed by atoms with E-state index >= 15 is 0 Å². The Morgan fingerprint density at radius 2 is 1.78 bits per heavy atom. The summed E-state index contributed by atoms with van der Waals surface area (Å²) in [5.74, 6) is -0.115. The average Bonchev–Trinajstić information content (AvgIpc) is 2.32. The van der Waals surface area contributed by atoms with Crippen molar-refractivity contribution in [3.8, 4) is 5.75 Å². The highest BCUT2D eigenvalue weighted by molar-refractivity contribution is 9.10. The maximum absolute atomic E-state index is 12.1. The Bertz CT molecular complexity index is 671. The lowest BCUT2D eigenvalue weighted by molar-refractivity contribution is 0.477. The second-order valence-electron chi connectivity index (χ2n) is 3.58. The molecule has 0 aliphatic carbocycles. The number of para-hydroxylation sites is 2. The summed E-state index contributed by atoms with van der Waals surface area (Å²) in [6.07, 6.45) is 0. The number of phenols is 1. The Hall–Kier alpha value is -1.53. The van der Waals surface area contributed by atoms with Crippen LogP contribution in [0.25, 0.3) is 0 Å². The van der Waals surface area contributed by atoms with Crippen molar-refractivity contribution in [1.82, 2.24) is 0 Å². The molecule has 6 heteroatoms. The van der Waals surface area contributed by atoms with E-state index in [-0.39, 0.29) is 16.3 Å². The number of rotatable bonds is 3. The third-order valence-corrected chi connectivity index (χ3v) is 4.11. The Balaban J connectivity index is 2.37. The van der Waals surface area contributed by atoms with Gasteiger partial charge >= 0.3 is 0 Å². The van der Waals surface area contributed by atoms with Crippen molar-refractivity contribution in [2.75, 3.05) is 4.72 Å². The van der Waals surface area contributed by atoms with E-state index in [2.05, 4.69) is 20.7 Å². The molecule has 94 valence electrons. The molecule has 2 N–H and O–H groups in total. The van der Waals surface area contributed by atoms with Crippen LogP contribution in [0.15, 0.2) is 57.9 Å². The minimum absolute atomic E-state index is 0.115. The lowest BCUT2D eigenvalue weighted by atomic mass is 10.3. The van der Waals surface area contributed by atoms with E-state index in [4.69, 9.17) is 0 Å². The van der Waals surface area contributed by atoms with Crippen molar-refractivity contribution in [1.29, 1.82) is 0 Å². The molecule has 0 atom stereocenters. The summed E-state index contributed by atoms with van der Waals surface area (Å²) in [4.78, 5) is 0.125. The molecule has 0 unspecified atom stereocenters. The van der Waals surface area contributed by atoms with Crippen LogP contribution in [0.2, 0.25) is 0 Å². The van der Waals surface area contributed by atoms with Crippen molar-refractivity contribution < 1.29 is 13.5 Å². The molecule has 2 rings (SSSR count). The molecule has 18 heavy (non-hydrogen) atoms. The van der Waals surface area contributed by atoms with Crippen LogP contribution in [0.5, 0.6) is 5.75 Å². The van der Waals surface area contributed by atoms with Gasteiger partial charge in [0.15, 0.2) is 0 Å². The van der Waals surface area contributed by atoms with Crippen LogP contribution in [0.3, 0.4) is 0 Å². The van der Waals surface area contributed by atoms with Crippen LogP contribution < -0.4 is 4.72 Å². The Morgan fingerprint density at radius 1 is 1.06 bits per heavy atom. The molecule has 2 aromatic rings. The predicted molar refractivity (Wildman–Crippen MR) is 73.1 cm³/mol. The first-order valence-electron chi connectivity index (χ1n) is 5.05. The van der Waals surface area contributed by atoms with E-state index in [1.807, 2.05) is 0 Å². The molecule has 0 radical (unpaired) electrons. The number of benzene rings is 2. The van der Waals surface area contributed by atoms with Gasteiger partial charge in [-0.25, -0.2) is 8.42 Å². The summed E-state index contributed by atoms with van der Waals surface area (Å²) in [7, 11) is -3.70. The number of anilines is 1. The first-order valence-corrected chi connectivity index (χ1v) is 7.33. The Kier molecular flexibility index (Phi) is 3.58. The SMILES string of the molecule is O=S(=O)(Nc1ccccc1O)c1cccc(Br)c1. The van der Waals surface area contributed by atoms with Gasteiger partial charge in [-0.2, -0.15) is 0 Å². The van der Waals surface area contributed by atoms with Gasteiger partial charge in [-0.3, -0.25) is 4.72 Å². The topological polar surface area (TPSA) is 66.4 Å². The lowest BCUT2D eigenvalue weighted by Gasteiger charge is -2.09. The number of nitrogens with one attached hydrogen (secondary N) is 1. The molecule has 0 saturated carbocycles. The maximum atomic E-state index is 12.1. The van der Waals surface area contributed by atoms with Crippen molar-refractivity contribution in [2.45, 2.75) is 4.90 Å². The number of aromatic hydroxyl groups is 1. The zero-order valence-electron chi connectivity index (χ0n) is 9.17. The van der Waals surface area contributed by atoms with Crippen molar-refractivity contribution in [3.63, 3.8) is 0 Å². The fourth-order valence-electron chi connectivity index (χ4n) is 1.40. The largest absolute Gasteiger partial charge is 0.506 e. The molecule has 0 fully saturated rings. The Morgan fingerprint density at radius 3 is 2.44 bits per heavy atom. The zero-order chi connectivity index (χ0) is 13.2. The number of sulfonamides is 1. The molecule has 0 spiro atoms. The van der Waals surface area contributed by atoms with Gasteiger partial charge in [-0.1, -0.05) is 34.1 Å². The van der Waals surface area contributed by atoms with Crippen LogP contribution >= 0.6 is 15.9 Å². The fraction of sp³-hybridized carbons (Fsp3) is 0. The number of hydrogen-bond acceptors (Lipinski definition) is 3. The summed E-state index contributed by atoms with van der Waals surface area (Å²) >= 11 is 3.21. The second kappa shape index (κ2) is 4.99. The van der Waals surface area contributed by atoms with Gasteiger partial charge in [-0.15, -0.1) is 0 Å². The molecule has 0 saturated heterocycles. The van der Waals surface area contributed by atoms with Gasteiger partial charge < -0.3 is 5.11 Å². The van der Waals surface area contributed by atoms with Gasteiger partial charge in [-0.05, 0) is 30.3 Å². The first kappa shape index (κ1) is 12.9. The van der Waals surface area contributed by atoms with Crippen LogP contribution in [-0.2, 0) is 10.0 Å². The molecule has 0 bridgehead atoms. The summed E-state index contributed by atoms with van der Waals surface area (Å²) < 4.78 is 27.1. The third-order valence-electron chi connectivity index (χ3n) is 2.25. The van der Waals surface area contributed by atoms with E-state index in [9.17, 15) is 13.5 Å². The monoisotopic (exact) mass is 327 g/mol. The molecule has 0 aliphatic rings. The lowest BCUT2D eigenvalue weighted by Crippen LogP contribution is -2.12. The predicted octanol–water partition coefficient (Wildman–Crippen LogP) is 2.96. The minimum Gasteiger partial charge on any atom is -0.506 e. The van der Waals surface area contributed by atoms with E-state index in [0.717, 1.165) is 0 Å². The summed E-state index contributed by atoms with van der Waals surface area (Å²) in [5, 5.41) is 9.54. The van der Waals surface area contributed by atoms with Crippen LogP contribution in [0.1, 0.15) is 0 Å². The molecule has 0 heterocycles. The fourth-order valence-corrected chi connectivity index (χ4v) is 3.07. The number of phenolic OH excluding ortho intramolecular Hbond substituents is 1. The number of hydrogen-bond donors (Lipinski definition) is 2. The molecule has 0 aliphatic heterocycles. The highest BCUT2D eigenvalue weighted by Gasteiger charge is 2.15. The molecule has 0 aromatic heterocycles. The standard InChI is InChI=1S/C12H10BrNO3S/c13-9-4-3-5-10(8-9)18(16,17)14-11-6-1-2-7-12(11)15/h1-8,14-15H. The molecule has 2 aromatic carbocycles. The molecule has 4 nitrogen and oxygen atoms in total. The highest BCUT2D eigenvalue weighted by Crippen LogP contribution is 2.25. The molecular formula is C12H10BrNO3S. The van der Waals surface area contributed by atoms with Gasteiger partial charge in [0.2, 0.25) is 0 Å². The van der Waals surface area contributed by atoms with Gasteiger partial charge in [0, 0.05) is 4.47 Å². The van der Waals surface area contributed by atoms with Crippen molar-refractivity contribution >= 4 is 31.6 Å². The average molecular weight is 328 g/mol. The highest BCUT2D eigenvalue weighted by atomic mass is 79.9. The van der Waals surface area contributed by atoms with Crippen molar-refractivity contribution in [2.24, 2.45) is 0 Å². The normalized spacial score (nSPS) is 11.2. The van der Waals surface area contributed by atoms with E-state index < -0.39 is 10.0 Å². The van der Waals surface area contributed by atoms with Crippen molar-refractivity contribution in [3.05, 3.63) is 53.0 Å². The van der Waals surface area contributed by atoms with E-state index in [1.54, 1.807) is 24.3 Å². The smallest absolute Gasteiger partial charge is 0.262 e. The summed E-state index contributed by atoms with van der Waals surface area (Å²) in [6, 6.07) is 12.5. The van der Waals surface area contributed by atoms with Crippen LogP contribution in [-0.4, -0.2) is 13.5 Å². The van der Waals surface area contributed by atoms with Gasteiger partial charge in [0.1, 0.15) is 5.75 Å². The molecule has 0 amide bonds. The Labute approximate surface area is 113 Å². The zero-order valence-corrected chi connectivity index (χ0v) is 11.6. The molecular weight excluding hydrogens is 318 g/mol. The minimum atomic E-state index is -3.70. The van der Waals surface area contributed by atoms with Gasteiger partial charge in [0.05, 0.1) is 10.6 Å². The van der Waals surface area contributed by atoms with Gasteiger partial charge in [0.25, 0.3) is 10.0 Å². The maximum Gasteiger partial charge on any atom is 0.262 e. The third kappa shape index (κ3) is 2.83. The second-order valence-corrected chi connectivity index (χ2v) is 6.18. The number of halogens is 1. The van der Waals surface area contributed by atoms with Crippen LogP contribution in [0.4, 0.5) is 5.69 Å². The van der Waals surface area contributed by atoms with E-state index in [1.165, 1.54) is 24.3 Å². The van der Waals surface area contributed by atoms with Crippen LogP contribution in [0, 0.1) is 0 Å². The quantitative estimate of drug-likeness (QED) is 0.852. The summed E-state index contributed by atoms with van der Waals surface area (Å²) in [6.45, 7) is 0. The summed E-state index contributed by atoms with van der Waals surface area (Å²) in [5.41, 5.74) is 0.150. The first-order chi connectivity index (χ1) is 8.49.